The van der Waals surface area contributed by atoms with E-state index < -0.39 is 0 Å². The van der Waals surface area contributed by atoms with Crippen LogP contribution < -0.4 is 20.1 Å². The molecule has 1 saturated heterocycles. The van der Waals surface area contributed by atoms with E-state index in [0.29, 0.717) is 66.5 Å². The van der Waals surface area contributed by atoms with Crippen LogP contribution in [-0.4, -0.2) is 54.7 Å². The summed E-state index contributed by atoms with van der Waals surface area (Å²) in [5.74, 6) is 1.29. The van der Waals surface area contributed by atoms with Crippen LogP contribution in [0.25, 0.3) is 0 Å². The van der Waals surface area contributed by atoms with Gasteiger partial charge in [-0.15, -0.1) is 0 Å². The van der Waals surface area contributed by atoms with Gasteiger partial charge < -0.3 is 20.1 Å². The summed E-state index contributed by atoms with van der Waals surface area (Å²) in [5.41, 5.74) is 9.97. The van der Waals surface area contributed by atoms with Gasteiger partial charge in [0.25, 0.3) is 0 Å². The van der Waals surface area contributed by atoms with E-state index in [2.05, 4.69) is 11.8 Å². The third-order valence-electron chi connectivity index (χ3n) is 7.11. The molecule has 2 amide bonds. The van der Waals surface area contributed by atoms with Gasteiger partial charge in [-0.2, -0.15) is 0 Å². The number of carbonyl (C=O) groups is 1. The van der Waals surface area contributed by atoms with Crippen molar-refractivity contribution in [3.05, 3.63) is 84.8 Å². The third kappa shape index (κ3) is 5.52. The molecule has 1 unspecified atom stereocenters. The quantitative estimate of drug-likeness (QED) is 0.445. The van der Waals surface area contributed by atoms with E-state index in [1.54, 1.807) is 4.90 Å². The van der Waals surface area contributed by atoms with E-state index in [9.17, 15) is 4.79 Å². The highest BCUT2D eigenvalue weighted by molar-refractivity contribution is 6.02. The van der Waals surface area contributed by atoms with Crippen molar-refractivity contribution in [2.24, 2.45) is 0 Å². The number of nitrogen functional groups attached to an aromatic ring is 1. The summed E-state index contributed by atoms with van der Waals surface area (Å²) in [6.07, 6.45) is 2.21. The normalized spacial score (nSPS) is 17.0. The molecule has 3 aromatic rings. The Balaban J connectivity index is 1.54. The van der Waals surface area contributed by atoms with Crippen molar-refractivity contribution in [2.45, 2.75) is 32.4 Å². The molecule has 2 N–H and O–H groups in total. The molecule has 0 aromatic heterocycles. The summed E-state index contributed by atoms with van der Waals surface area (Å²) < 4.78 is 11.6. The molecule has 2 radical (unpaired) electrons. The molecule has 0 aliphatic carbocycles. The number of hydrogen-bond donors (Lipinski definition) is 1. The van der Waals surface area contributed by atoms with Crippen LogP contribution in [0.3, 0.4) is 0 Å². The number of para-hydroxylation sites is 2. The highest BCUT2D eigenvalue weighted by Crippen LogP contribution is 2.39. The fraction of sp³-hybridized carbons (Fsp3) is 0.333. The second-order valence-electron chi connectivity index (χ2n) is 9.55. The van der Waals surface area contributed by atoms with Crippen LogP contribution in [0.2, 0.25) is 0 Å². The smallest absolute Gasteiger partial charge is 0.329 e. The van der Waals surface area contributed by atoms with Crippen molar-refractivity contribution >= 4 is 23.1 Å². The summed E-state index contributed by atoms with van der Waals surface area (Å²) in [7, 11) is 0. The van der Waals surface area contributed by atoms with Crippen molar-refractivity contribution < 1.29 is 14.3 Å². The summed E-state index contributed by atoms with van der Waals surface area (Å²) >= 11 is 0. The van der Waals surface area contributed by atoms with Crippen LogP contribution in [-0.2, 0) is 6.54 Å². The number of ether oxygens (including phenoxy) is 2. The lowest BCUT2D eigenvalue weighted by Crippen LogP contribution is -2.47. The Labute approximate surface area is 219 Å². The second kappa shape index (κ2) is 11.1. The van der Waals surface area contributed by atoms with Gasteiger partial charge in [0, 0.05) is 25.2 Å². The van der Waals surface area contributed by atoms with E-state index in [-0.39, 0.29) is 6.03 Å². The average molecular weight is 499 g/mol. The van der Waals surface area contributed by atoms with Gasteiger partial charge in [-0.1, -0.05) is 43.3 Å². The number of likely N-dealkylation sites (tertiary alicyclic amines) is 1. The molecule has 0 spiro atoms. The van der Waals surface area contributed by atoms with E-state index in [1.807, 2.05) is 71.6 Å². The molecule has 1 fully saturated rings. The van der Waals surface area contributed by atoms with Crippen molar-refractivity contribution in [3.63, 3.8) is 0 Å². The molecule has 192 valence electrons. The Morgan fingerprint density at radius 3 is 2.57 bits per heavy atom. The molecule has 5 rings (SSSR count). The predicted octanol–water partition coefficient (Wildman–Crippen LogP) is 5.34. The zero-order chi connectivity index (χ0) is 25.8. The molecule has 1 atom stereocenters. The van der Waals surface area contributed by atoms with Crippen LogP contribution >= 0.6 is 0 Å². The minimum absolute atomic E-state index is 0.144. The van der Waals surface area contributed by atoms with Gasteiger partial charge in [0.2, 0.25) is 0 Å². The lowest BCUT2D eigenvalue weighted by Gasteiger charge is -2.35. The van der Waals surface area contributed by atoms with Crippen LogP contribution in [0.1, 0.15) is 30.9 Å². The zero-order valence-corrected chi connectivity index (χ0v) is 21.3. The molecule has 2 aliphatic heterocycles. The molecule has 3 aromatic carbocycles. The van der Waals surface area contributed by atoms with E-state index in [0.717, 1.165) is 31.5 Å². The number of likely N-dealkylation sites (N-methyl/N-ethyl adjacent to an activating group) is 1. The van der Waals surface area contributed by atoms with Gasteiger partial charge >= 0.3 is 6.03 Å². The fourth-order valence-electron chi connectivity index (χ4n) is 5.18. The molecular formula is C30H34N4O3. The lowest BCUT2D eigenvalue weighted by molar-refractivity contribution is 0.170. The maximum Gasteiger partial charge on any atom is 0.329 e. The van der Waals surface area contributed by atoms with E-state index >= 15 is 0 Å². The van der Waals surface area contributed by atoms with Crippen molar-refractivity contribution in [2.75, 3.05) is 43.5 Å². The molecule has 7 nitrogen and oxygen atoms in total. The SMILES string of the molecule is [CH]c1ccc(CN(CC2CCCN2CC)C(=O)N(c2ccc3c(c2)OCCO3)c2ccccc2N)cc1. The number of rotatable bonds is 7. The largest absolute Gasteiger partial charge is 0.486 e. The molecule has 2 aliphatic rings. The molecule has 7 heteroatoms. The number of benzene rings is 3. The van der Waals surface area contributed by atoms with Crippen molar-refractivity contribution in [1.29, 1.82) is 0 Å². The Morgan fingerprint density at radius 1 is 1.05 bits per heavy atom. The fourth-order valence-corrected chi connectivity index (χ4v) is 5.18. The average Bonchev–Trinajstić information content (AvgIpc) is 3.38. The first-order valence-electron chi connectivity index (χ1n) is 12.9. The Bertz CT molecular complexity index is 1230. The van der Waals surface area contributed by atoms with Gasteiger partial charge in [-0.3, -0.25) is 9.80 Å². The standard InChI is InChI=1S/C30H34N4O3/c1-3-32-16-6-7-25(32)21-33(20-23-12-10-22(2)11-13-23)30(35)34(27-9-5-4-8-26(27)31)24-14-15-28-29(19-24)37-18-17-36-28/h2,4-5,8-15,19,25H,3,6-7,16-18,20-21,31H2,1H3. The van der Waals surface area contributed by atoms with E-state index in [4.69, 9.17) is 22.1 Å². The Hall–Kier alpha value is -3.71. The zero-order valence-electron chi connectivity index (χ0n) is 21.3. The van der Waals surface area contributed by atoms with Gasteiger partial charge in [0.15, 0.2) is 11.5 Å². The van der Waals surface area contributed by atoms with Crippen LogP contribution in [0.15, 0.2) is 66.7 Å². The second-order valence-corrected chi connectivity index (χ2v) is 9.55. The molecule has 2 heterocycles. The number of hydrogen-bond acceptors (Lipinski definition) is 5. The first-order chi connectivity index (χ1) is 18.0. The first kappa shape index (κ1) is 25.0. The molecule has 0 saturated carbocycles. The van der Waals surface area contributed by atoms with Gasteiger partial charge in [-0.05, 0) is 68.2 Å². The topological polar surface area (TPSA) is 71.3 Å². The van der Waals surface area contributed by atoms with Crippen LogP contribution in [0.4, 0.5) is 21.9 Å². The highest BCUT2D eigenvalue weighted by atomic mass is 16.6. The van der Waals surface area contributed by atoms with Gasteiger partial charge in [0.05, 0.1) is 17.1 Å². The van der Waals surface area contributed by atoms with Gasteiger partial charge in [0.1, 0.15) is 13.2 Å². The number of amides is 2. The summed E-state index contributed by atoms with van der Waals surface area (Å²) in [6.45, 7) is 12.2. The number of nitrogens with two attached hydrogens (primary N) is 1. The number of nitrogens with zero attached hydrogens (tertiary/aromatic N) is 3. The predicted molar refractivity (Wildman–Crippen MR) is 146 cm³/mol. The Kier molecular flexibility index (Phi) is 7.51. The maximum atomic E-state index is 14.5. The molecular weight excluding hydrogens is 464 g/mol. The summed E-state index contributed by atoms with van der Waals surface area (Å²) in [6, 6.07) is 20.9. The summed E-state index contributed by atoms with van der Waals surface area (Å²) in [4.78, 5) is 20.6. The van der Waals surface area contributed by atoms with Crippen LogP contribution in [0, 0.1) is 6.92 Å². The minimum atomic E-state index is -0.144. The number of fused-ring (bicyclic) bond motifs is 1. The number of carbonyl (C=O) groups excluding carboxylic acids is 1. The lowest BCUT2D eigenvalue weighted by atomic mass is 10.1. The first-order valence-corrected chi connectivity index (χ1v) is 12.9. The third-order valence-corrected chi connectivity index (χ3v) is 7.11. The Morgan fingerprint density at radius 2 is 1.81 bits per heavy atom. The maximum absolute atomic E-state index is 14.5. The van der Waals surface area contributed by atoms with Crippen molar-refractivity contribution in [1.82, 2.24) is 9.80 Å². The molecule has 37 heavy (non-hydrogen) atoms. The van der Waals surface area contributed by atoms with Gasteiger partial charge in [-0.25, -0.2) is 4.79 Å². The number of urea groups is 1. The molecule has 0 bridgehead atoms. The minimum Gasteiger partial charge on any atom is -0.486 e. The highest BCUT2D eigenvalue weighted by Gasteiger charge is 2.32. The van der Waals surface area contributed by atoms with Crippen molar-refractivity contribution in [3.8, 4) is 11.5 Å². The monoisotopic (exact) mass is 498 g/mol. The van der Waals surface area contributed by atoms with E-state index in [1.165, 1.54) is 0 Å². The van der Waals surface area contributed by atoms with Crippen LogP contribution in [0.5, 0.6) is 11.5 Å². The summed E-state index contributed by atoms with van der Waals surface area (Å²) in [5, 5.41) is 0. The number of anilines is 3.